The Morgan fingerprint density at radius 2 is 2.09 bits per heavy atom. The van der Waals surface area contributed by atoms with Crippen LogP contribution in [0.3, 0.4) is 0 Å². The second kappa shape index (κ2) is 11.9. The van der Waals surface area contributed by atoms with Crippen molar-refractivity contribution in [2.75, 3.05) is 26.2 Å². The van der Waals surface area contributed by atoms with Crippen molar-refractivity contribution in [3.05, 3.63) is 20.8 Å². The summed E-state index contributed by atoms with van der Waals surface area (Å²) in [5.41, 5.74) is 0. The van der Waals surface area contributed by atoms with Gasteiger partial charge < -0.3 is 15.5 Å². The lowest BCUT2D eigenvalue weighted by Gasteiger charge is -2.21. The van der Waals surface area contributed by atoms with Crippen LogP contribution in [0.5, 0.6) is 0 Å². The van der Waals surface area contributed by atoms with Crippen LogP contribution in [-0.4, -0.2) is 43.1 Å². The predicted octanol–water partition coefficient (Wildman–Crippen LogP) is 4.08. The molecule has 1 heterocycles. The number of thiophene rings is 1. The minimum Gasteiger partial charge on any atom is -0.357 e. The first-order chi connectivity index (χ1) is 11.1. The van der Waals surface area contributed by atoms with Crippen molar-refractivity contribution in [2.45, 2.75) is 53.1 Å². The number of nitrogens with one attached hydrogen (secondary N) is 2. The summed E-state index contributed by atoms with van der Waals surface area (Å²) in [6, 6.07) is 2.56. The Morgan fingerprint density at radius 1 is 1.35 bits per heavy atom. The molecule has 132 valence electrons. The van der Waals surface area contributed by atoms with E-state index in [2.05, 4.69) is 75.6 Å². The topological polar surface area (TPSA) is 39.7 Å². The van der Waals surface area contributed by atoms with Crippen LogP contribution in [-0.2, 0) is 6.54 Å². The van der Waals surface area contributed by atoms with Crippen molar-refractivity contribution in [1.29, 1.82) is 0 Å². The molecule has 0 aromatic carbocycles. The third kappa shape index (κ3) is 8.72. The van der Waals surface area contributed by atoms with Crippen LogP contribution < -0.4 is 10.6 Å². The highest BCUT2D eigenvalue weighted by Gasteiger charge is 2.07. The van der Waals surface area contributed by atoms with Crippen molar-refractivity contribution in [3.8, 4) is 0 Å². The molecule has 0 radical (unpaired) electrons. The zero-order valence-corrected chi connectivity index (χ0v) is 17.3. The first kappa shape index (κ1) is 20.5. The zero-order valence-electron chi connectivity index (χ0n) is 14.9. The van der Waals surface area contributed by atoms with E-state index in [-0.39, 0.29) is 0 Å². The number of hydrogen-bond donors (Lipinski definition) is 2. The van der Waals surface area contributed by atoms with E-state index in [9.17, 15) is 0 Å². The summed E-state index contributed by atoms with van der Waals surface area (Å²) in [6.45, 7) is 13.8. The smallest absolute Gasteiger partial charge is 0.191 e. The molecule has 0 aliphatic heterocycles. The number of aliphatic imine (C=N–C) groups is 1. The molecule has 0 bridgehead atoms. The van der Waals surface area contributed by atoms with Crippen molar-refractivity contribution >= 4 is 33.2 Å². The van der Waals surface area contributed by atoms with Crippen LogP contribution in [0.15, 0.2) is 20.9 Å². The highest BCUT2D eigenvalue weighted by Crippen LogP contribution is 2.20. The molecule has 1 aromatic heterocycles. The fourth-order valence-electron chi connectivity index (χ4n) is 2.38. The standard InChI is InChI=1S/C17H31BrN4S/c1-5-19-17(20-12-16-11-15(18)13-23-16)21-14(4)9-8-10-22(6-2)7-3/h11,13-14H,5-10,12H2,1-4H3,(H2,19,20,21). The Balaban J connectivity index is 2.41. The molecule has 0 fully saturated rings. The van der Waals surface area contributed by atoms with E-state index >= 15 is 0 Å². The lowest BCUT2D eigenvalue weighted by molar-refractivity contribution is 0.292. The minimum absolute atomic E-state index is 0.429. The maximum Gasteiger partial charge on any atom is 0.191 e. The van der Waals surface area contributed by atoms with Gasteiger partial charge in [0.2, 0.25) is 0 Å². The molecule has 1 aromatic rings. The van der Waals surface area contributed by atoms with Crippen molar-refractivity contribution in [2.24, 2.45) is 4.99 Å². The Morgan fingerprint density at radius 3 is 2.65 bits per heavy atom. The number of halogens is 1. The molecule has 0 spiro atoms. The Kier molecular flexibility index (Phi) is 10.6. The molecule has 0 saturated carbocycles. The first-order valence-electron chi connectivity index (χ1n) is 8.59. The molecule has 23 heavy (non-hydrogen) atoms. The summed E-state index contributed by atoms with van der Waals surface area (Å²) >= 11 is 5.22. The highest BCUT2D eigenvalue weighted by atomic mass is 79.9. The molecule has 1 unspecified atom stereocenters. The second-order valence-corrected chi connectivity index (χ2v) is 7.55. The van der Waals surface area contributed by atoms with Crippen molar-refractivity contribution < 1.29 is 0 Å². The van der Waals surface area contributed by atoms with Gasteiger partial charge in [0, 0.05) is 27.3 Å². The predicted molar refractivity (Wildman–Crippen MR) is 106 cm³/mol. The first-order valence-corrected chi connectivity index (χ1v) is 10.3. The van der Waals surface area contributed by atoms with Gasteiger partial charge in [-0.15, -0.1) is 11.3 Å². The number of guanidine groups is 1. The van der Waals surface area contributed by atoms with E-state index in [1.807, 2.05) is 0 Å². The molecule has 4 nitrogen and oxygen atoms in total. The summed E-state index contributed by atoms with van der Waals surface area (Å²) in [4.78, 5) is 8.43. The van der Waals surface area contributed by atoms with Gasteiger partial charge >= 0.3 is 0 Å². The normalized spacial score (nSPS) is 13.4. The molecular formula is C17H31BrN4S. The molecular weight excluding hydrogens is 372 g/mol. The maximum absolute atomic E-state index is 4.69. The zero-order chi connectivity index (χ0) is 17.1. The fraction of sp³-hybridized carbons (Fsp3) is 0.706. The summed E-state index contributed by atoms with van der Waals surface area (Å²) in [6.07, 6.45) is 2.37. The Bertz CT molecular complexity index is 457. The van der Waals surface area contributed by atoms with E-state index in [1.165, 1.54) is 17.8 Å². The number of nitrogens with zero attached hydrogens (tertiary/aromatic N) is 2. The third-order valence-electron chi connectivity index (χ3n) is 3.75. The van der Waals surface area contributed by atoms with E-state index in [0.29, 0.717) is 6.04 Å². The summed E-state index contributed by atoms with van der Waals surface area (Å²) < 4.78 is 1.13. The Labute approximate surface area is 153 Å². The average molecular weight is 403 g/mol. The maximum atomic E-state index is 4.69. The van der Waals surface area contributed by atoms with Gasteiger partial charge in [-0.1, -0.05) is 13.8 Å². The van der Waals surface area contributed by atoms with Crippen LogP contribution >= 0.6 is 27.3 Å². The lowest BCUT2D eigenvalue weighted by atomic mass is 10.2. The summed E-state index contributed by atoms with van der Waals surface area (Å²) in [5, 5.41) is 8.95. The van der Waals surface area contributed by atoms with E-state index < -0.39 is 0 Å². The largest absolute Gasteiger partial charge is 0.357 e. The third-order valence-corrected chi connectivity index (χ3v) is 5.43. The molecule has 1 rings (SSSR count). The van der Waals surface area contributed by atoms with Gasteiger partial charge in [-0.3, -0.25) is 0 Å². The molecule has 0 aliphatic rings. The van der Waals surface area contributed by atoms with Crippen LogP contribution in [0.4, 0.5) is 0 Å². The molecule has 0 aliphatic carbocycles. The monoisotopic (exact) mass is 402 g/mol. The fourth-order valence-corrected chi connectivity index (χ4v) is 3.75. The van der Waals surface area contributed by atoms with Crippen molar-refractivity contribution in [1.82, 2.24) is 15.5 Å². The molecule has 0 amide bonds. The van der Waals surface area contributed by atoms with Crippen molar-refractivity contribution in [3.63, 3.8) is 0 Å². The van der Waals surface area contributed by atoms with Gasteiger partial charge in [-0.25, -0.2) is 4.99 Å². The van der Waals surface area contributed by atoms with Gasteiger partial charge in [0.25, 0.3) is 0 Å². The average Bonchev–Trinajstić information content (AvgIpc) is 2.95. The summed E-state index contributed by atoms with van der Waals surface area (Å²) in [5.74, 6) is 0.910. The number of hydrogen-bond acceptors (Lipinski definition) is 3. The van der Waals surface area contributed by atoms with Gasteiger partial charge in [-0.2, -0.15) is 0 Å². The highest BCUT2D eigenvalue weighted by molar-refractivity contribution is 9.10. The van der Waals surface area contributed by atoms with Crippen LogP contribution in [0, 0.1) is 0 Å². The summed E-state index contributed by atoms with van der Waals surface area (Å²) in [7, 11) is 0. The number of rotatable bonds is 10. The quantitative estimate of drug-likeness (QED) is 0.457. The van der Waals surface area contributed by atoms with Gasteiger partial charge in [0.05, 0.1) is 6.54 Å². The van der Waals surface area contributed by atoms with E-state index in [4.69, 9.17) is 0 Å². The molecule has 0 saturated heterocycles. The van der Waals surface area contributed by atoms with Gasteiger partial charge in [-0.05, 0) is 68.3 Å². The molecule has 6 heteroatoms. The van der Waals surface area contributed by atoms with E-state index in [0.717, 1.165) is 43.0 Å². The molecule has 1 atom stereocenters. The minimum atomic E-state index is 0.429. The molecule has 2 N–H and O–H groups in total. The lowest BCUT2D eigenvalue weighted by Crippen LogP contribution is -2.42. The SMILES string of the molecule is CCNC(=NCc1cc(Br)cs1)NC(C)CCCN(CC)CC. The van der Waals surface area contributed by atoms with Crippen LogP contribution in [0.2, 0.25) is 0 Å². The second-order valence-electron chi connectivity index (χ2n) is 5.64. The van der Waals surface area contributed by atoms with Gasteiger partial charge in [0.1, 0.15) is 0 Å². The van der Waals surface area contributed by atoms with Crippen LogP contribution in [0.1, 0.15) is 45.4 Å². The van der Waals surface area contributed by atoms with Crippen LogP contribution in [0.25, 0.3) is 0 Å². The van der Waals surface area contributed by atoms with E-state index in [1.54, 1.807) is 11.3 Å². The Hall–Kier alpha value is -0.590. The van der Waals surface area contributed by atoms with Gasteiger partial charge in [0.15, 0.2) is 5.96 Å².